The van der Waals surface area contributed by atoms with Gasteiger partial charge in [-0.2, -0.15) is 5.10 Å². The molecule has 0 aromatic carbocycles. The molecule has 4 nitrogen and oxygen atoms in total. The zero-order valence-corrected chi connectivity index (χ0v) is 13.1. The van der Waals surface area contributed by atoms with Crippen molar-refractivity contribution in [2.45, 2.75) is 64.8 Å². The van der Waals surface area contributed by atoms with Gasteiger partial charge in [0, 0.05) is 18.7 Å². The Kier molecular flexibility index (Phi) is 7.42. The summed E-state index contributed by atoms with van der Waals surface area (Å²) in [5.74, 6) is 5.65. The van der Waals surface area contributed by atoms with Crippen molar-refractivity contribution < 1.29 is 0 Å². The van der Waals surface area contributed by atoms with Crippen molar-refractivity contribution in [3.05, 3.63) is 16.4 Å². The summed E-state index contributed by atoms with van der Waals surface area (Å²) in [5, 5.41) is 5.06. The second-order valence-corrected chi connectivity index (χ2v) is 5.61. The highest BCUT2D eigenvalue weighted by molar-refractivity contribution is 6.30. The predicted octanol–water partition coefficient (Wildman–Crippen LogP) is 3.12. The van der Waals surface area contributed by atoms with Gasteiger partial charge in [0.1, 0.15) is 5.15 Å². The number of rotatable bonds is 9. The number of nitrogens with zero attached hydrogens (tertiary/aromatic N) is 2. The van der Waals surface area contributed by atoms with Crippen molar-refractivity contribution in [1.82, 2.24) is 15.2 Å². The highest BCUT2D eigenvalue weighted by Crippen LogP contribution is 2.21. The van der Waals surface area contributed by atoms with Crippen LogP contribution >= 0.6 is 11.6 Å². The van der Waals surface area contributed by atoms with Crippen molar-refractivity contribution in [3.8, 4) is 0 Å². The lowest BCUT2D eigenvalue weighted by Gasteiger charge is -2.15. The summed E-state index contributed by atoms with van der Waals surface area (Å²) in [7, 11) is 1.87. The Bertz CT molecular complexity index is 376. The van der Waals surface area contributed by atoms with Gasteiger partial charge in [-0.15, -0.1) is 0 Å². The SMILES string of the molecule is CCCCCCCC(Cc1c(C)nn(C)c1Cl)NN. The third-order valence-electron chi connectivity index (χ3n) is 3.61. The molecule has 5 heteroatoms. The first-order valence-electron chi connectivity index (χ1n) is 7.24. The molecule has 1 aromatic rings. The molecular weight excluding hydrogens is 260 g/mol. The van der Waals surface area contributed by atoms with Gasteiger partial charge >= 0.3 is 0 Å². The average molecular weight is 287 g/mol. The summed E-state index contributed by atoms with van der Waals surface area (Å²) in [6.07, 6.45) is 8.36. The van der Waals surface area contributed by atoms with Gasteiger partial charge in [0.25, 0.3) is 0 Å². The molecule has 0 saturated carbocycles. The van der Waals surface area contributed by atoms with Crippen LogP contribution in [0, 0.1) is 6.92 Å². The second kappa shape index (κ2) is 8.56. The van der Waals surface area contributed by atoms with E-state index in [9.17, 15) is 0 Å². The summed E-state index contributed by atoms with van der Waals surface area (Å²) in [6, 6.07) is 0.280. The van der Waals surface area contributed by atoms with Crippen molar-refractivity contribution in [2.24, 2.45) is 12.9 Å². The molecule has 1 rings (SSSR count). The fourth-order valence-electron chi connectivity index (χ4n) is 2.39. The number of aryl methyl sites for hydroxylation is 2. The first-order chi connectivity index (χ1) is 9.10. The maximum atomic E-state index is 6.25. The van der Waals surface area contributed by atoms with E-state index in [0.717, 1.165) is 29.3 Å². The van der Waals surface area contributed by atoms with Gasteiger partial charge in [-0.1, -0.05) is 50.6 Å². The quantitative estimate of drug-likeness (QED) is 0.417. The maximum absolute atomic E-state index is 6.25. The molecule has 3 N–H and O–H groups in total. The number of nitrogens with two attached hydrogens (primary N) is 1. The summed E-state index contributed by atoms with van der Waals surface area (Å²) >= 11 is 6.25. The van der Waals surface area contributed by atoms with Gasteiger partial charge < -0.3 is 0 Å². The van der Waals surface area contributed by atoms with Gasteiger partial charge in [0.05, 0.1) is 5.69 Å². The number of hydrogen-bond donors (Lipinski definition) is 2. The summed E-state index contributed by atoms with van der Waals surface area (Å²) in [5.41, 5.74) is 5.02. The van der Waals surface area contributed by atoms with E-state index in [1.165, 1.54) is 32.1 Å². The summed E-state index contributed by atoms with van der Waals surface area (Å²) in [4.78, 5) is 0. The van der Waals surface area contributed by atoms with E-state index in [1.54, 1.807) is 4.68 Å². The van der Waals surface area contributed by atoms with Gasteiger partial charge in [0.2, 0.25) is 0 Å². The number of nitrogens with one attached hydrogen (secondary N) is 1. The molecular formula is C14H27ClN4. The van der Waals surface area contributed by atoms with Crippen LogP contribution in [0.1, 0.15) is 56.7 Å². The van der Waals surface area contributed by atoms with E-state index >= 15 is 0 Å². The zero-order valence-electron chi connectivity index (χ0n) is 12.4. The Morgan fingerprint density at radius 3 is 2.53 bits per heavy atom. The standard InChI is InChI=1S/C14H27ClN4/c1-4-5-6-7-8-9-12(17-16)10-13-11(2)18-19(3)14(13)15/h12,17H,4-10,16H2,1-3H3. The molecule has 110 valence electrons. The highest BCUT2D eigenvalue weighted by atomic mass is 35.5. The number of aromatic nitrogens is 2. The lowest BCUT2D eigenvalue weighted by molar-refractivity contribution is 0.460. The fraction of sp³-hybridized carbons (Fsp3) is 0.786. The molecule has 1 atom stereocenters. The number of halogens is 1. The van der Waals surface area contributed by atoms with Crippen LogP contribution in [0.5, 0.6) is 0 Å². The van der Waals surface area contributed by atoms with E-state index < -0.39 is 0 Å². The van der Waals surface area contributed by atoms with Crippen molar-refractivity contribution in [3.63, 3.8) is 0 Å². The van der Waals surface area contributed by atoms with E-state index in [-0.39, 0.29) is 6.04 Å². The smallest absolute Gasteiger partial charge is 0.130 e. The fourth-order valence-corrected chi connectivity index (χ4v) is 2.64. The second-order valence-electron chi connectivity index (χ2n) is 5.25. The molecule has 0 saturated heterocycles. The Labute approximate surface area is 121 Å². The molecule has 0 amide bonds. The molecule has 19 heavy (non-hydrogen) atoms. The Balaban J connectivity index is 2.43. The van der Waals surface area contributed by atoms with Crippen LogP contribution in [0.25, 0.3) is 0 Å². The first-order valence-corrected chi connectivity index (χ1v) is 7.62. The highest BCUT2D eigenvalue weighted by Gasteiger charge is 2.16. The monoisotopic (exact) mass is 286 g/mol. The van der Waals surface area contributed by atoms with Crippen molar-refractivity contribution >= 4 is 11.6 Å². The average Bonchev–Trinajstić information content (AvgIpc) is 2.63. The molecule has 0 aliphatic rings. The number of hydrazine groups is 1. The molecule has 0 fully saturated rings. The van der Waals surface area contributed by atoms with E-state index in [4.69, 9.17) is 17.4 Å². The molecule has 1 aromatic heterocycles. The van der Waals surface area contributed by atoms with Crippen LogP contribution in [0.15, 0.2) is 0 Å². The van der Waals surface area contributed by atoms with Gasteiger partial charge in [-0.05, 0) is 19.8 Å². The predicted molar refractivity (Wildman–Crippen MR) is 81.1 cm³/mol. The molecule has 1 unspecified atom stereocenters. The molecule has 0 radical (unpaired) electrons. The largest absolute Gasteiger partial charge is 0.271 e. The van der Waals surface area contributed by atoms with Gasteiger partial charge in [-0.3, -0.25) is 16.0 Å². The van der Waals surface area contributed by atoms with Gasteiger partial charge in [-0.25, -0.2) is 0 Å². The lowest BCUT2D eigenvalue weighted by atomic mass is 10.0. The topological polar surface area (TPSA) is 55.9 Å². The normalized spacial score (nSPS) is 12.9. The molecule has 0 bridgehead atoms. The van der Waals surface area contributed by atoms with Crippen LogP contribution in [0.2, 0.25) is 5.15 Å². The zero-order chi connectivity index (χ0) is 14.3. The number of hydrogen-bond acceptors (Lipinski definition) is 3. The van der Waals surface area contributed by atoms with Crippen LogP contribution in [-0.2, 0) is 13.5 Å². The molecule has 0 aliphatic heterocycles. The number of unbranched alkanes of at least 4 members (excludes halogenated alkanes) is 4. The summed E-state index contributed by atoms with van der Waals surface area (Å²) < 4.78 is 1.72. The van der Waals surface area contributed by atoms with Crippen LogP contribution in [-0.4, -0.2) is 15.8 Å². The molecule has 1 heterocycles. The maximum Gasteiger partial charge on any atom is 0.130 e. The van der Waals surface area contributed by atoms with E-state index in [1.807, 2.05) is 14.0 Å². The first kappa shape index (κ1) is 16.5. The van der Waals surface area contributed by atoms with Crippen LogP contribution < -0.4 is 11.3 Å². The third-order valence-corrected chi connectivity index (χ3v) is 4.08. The van der Waals surface area contributed by atoms with Crippen molar-refractivity contribution in [1.29, 1.82) is 0 Å². The van der Waals surface area contributed by atoms with E-state index in [0.29, 0.717) is 0 Å². The van der Waals surface area contributed by atoms with Gasteiger partial charge in [0.15, 0.2) is 0 Å². The lowest BCUT2D eigenvalue weighted by Crippen LogP contribution is -2.36. The molecule has 0 spiro atoms. The van der Waals surface area contributed by atoms with Crippen LogP contribution in [0.3, 0.4) is 0 Å². The third kappa shape index (κ3) is 5.13. The Hall–Kier alpha value is -0.580. The minimum atomic E-state index is 0.280. The van der Waals surface area contributed by atoms with Crippen molar-refractivity contribution in [2.75, 3.05) is 0 Å². The Morgan fingerprint density at radius 1 is 1.32 bits per heavy atom. The van der Waals surface area contributed by atoms with E-state index in [2.05, 4.69) is 17.4 Å². The Morgan fingerprint density at radius 2 is 2.00 bits per heavy atom. The summed E-state index contributed by atoms with van der Waals surface area (Å²) in [6.45, 7) is 4.23. The molecule has 0 aliphatic carbocycles. The van der Waals surface area contributed by atoms with Crippen LogP contribution in [0.4, 0.5) is 0 Å². The minimum Gasteiger partial charge on any atom is -0.271 e. The minimum absolute atomic E-state index is 0.280.